The van der Waals surface area contributed by atoms with E-state index in [1.165, 1.54) is 30.5 Å². The van der Waals surface area contributed by atoms with Crippen LogP contribution in [0.4, 0.5) is 0 Å². The van der Waals surface area contributed by atoms with Crippen LogP contribution in [0.15, 0.2) is 24.3 Å². The van der Waals surface area contributed by atoms with Gasteiger partial charge in [-0.2, -0.15) is 5.10 Å². The van der Waals surface area contributed by atoms with Crippen LogP contribution < -0.4 is 5.73 Å². The summed E-state index contributed by atoms with van der Waals surface area (Å²) in [6, 6.07) is 8.49. The van der Waals surface area contributed by atoms with E-state index in [1.807, 2.05) is 18.2 Å². The van der Waals surface area contributed by atoms with E-state index in [2.05, 4.69) is 10.7 Å². The van der Waals surface area contributed by atoms with E-state index >= 15 is 0 Å². The van der Waals surface area contributed by atoms with E-state index < -0.39 is 0 Å². The van der Waals surface area contributed by atoms with Crippen molar-refractivity contribution in [1.82, 2.24) is 9.78 Å². The van der Waals surface area contributed by atoms with Crippen molar-refractivity contribution in [2.45, 2.75) is 76.2 Å². The molecule has 144 valence electrons. The molecule has 2 aliphatic rings. The molecule has 0 saturated heterocycles. The molecule has 2 aliphatic carbocycles. The summed E-state index contributed by atoms with van der Waals surface area (Å²) in [6.45, 7) is 0. The summed E-state index contributed by atoms with van der Waals surface area (Å²) in [4.78, 5) is 12.1. The zero-order chi connectivity index (χ0) is 18.8. The van der Waals surface area contributed by atoms with Crippen molar-refractivity contribution in [3.8, 4) is 0 Å². The Bertz CT molecular complexity index is 823. The van der Waals surface area contributed by atoms with E-state index in [-0.39, 0.29) is 5.91 Å². The Morgan fingerprint density at radius 2 is 1.85 bits per heavy atom. The smallest absolute Gasteiger partial charge is 0.269 e. The van der Waals surface area contributed by atoms with Crippen molar-refractivity contribution in [2.75, 3.05) is 0 Å². The number of hydrogen-bond donors (Lipinski definition) is 1. The first-order valence-electron chi connectivity index (χ1n) is 10.3. The van der Waals surface area contributed by atoms with Crippen molar-refractivity contribution < 1.29 is 4.79 Å². The van der Waals surface area contributed by atoms with Gasteiger partial charge in [-0.1, -0.05) is 55.5 Å². The number of amides is 1. The van der Waals surface area contributed by atoms with Crippen LogP contribution in [0.2, 0.25) is 5.02 Å². The Labute approximate surface area is 166 Å². The lowest BCUT2D eigenvalue weighted by Gasteiger charge is -2.27. The molecule has 0 radical (unpaired) electrons. The zero-order valence-corrected chi connectivity index (χ0v) is 16.5. The van der Waals surface area contributed by atoms with Gasteiger partial charge >= 0.3 is 0 Å². The number of hydrogen-bond acceptors (Lipinski definition) is 2. The number of carbonyl (C=O) groups excluding carboxylic acids is 1. The molecule has 1 atom stereocenters. The standard InChI is InChI=1S/C22H28ClN3O/c23-19-13-7-5-8-15(19)14-16-9-4-6-12-18-20(22(24)27)25-26(21(16)18)17-10-2-1-3-11-17/h5,7-8,13,16-17H,1-4,6,9-12,14H2,(H2,24,27). The highest BCUT2D eigenvalue weighted by molar-refractivity contribution is 6.31. The maximum Gasteiger partial charge on any atom is 0.269 e. The van der Waals surface area contributed by atoms with Crippen LogP contribution in [-0.2, 0) is 12.8 Å². The molecule has 4 rings (SSSR count). The van der Waals surface area contributed by atoms with E-state index in [9.17, 15) is 4.79 Å². The summed E-state index contributed by atoms with van der Waals surface area (Å²) in [5, 5.41) is 5.60. The average Bonchev–Trinajstić information content (AvgIpc) is 2.95. The maximum absolute atomic E-state index is 12.1. The number of nitrogens with two attached hydrogens (primary N) is 1. The number of halogens is 1. The first-order chi connectivity index (χ1) is 13.1. The number of fused-ring (bicyclic) bond motifs is 1. The van der Waals surface area contributed by atoms with Crippen molar-refractivity contribution >= 4 is 17.5 Å². The first-order valence-corrected chi connectivity index (χ1v) is 10.7. The topological polar surface area (TPSA) is 60.9 Å². The van der Waals surface area contributed by atoms with Gasteiger partial charge in [-0.05, 0) is 50.2 Å². The molecular weight excluding hydrogens is 358 g/mol. The molecule has 5 heteroatoms. The molecule has 1 unspecified atom stereocenters. The zero-order valence-electron chi connectivity index (χ0n) is 15.8. The van der Waals surface area contributed by atoms with Crippen molar-refractivity contribution in [2.24, 2.45) is 5.73 Å². The Morgan fingerprint density at radius 3 is 2.59 bits per heavy atom. The average molecular weight is 386 g/mol. The van der Waals surface area contributed by atoms with E-state index in [0.717, 1.165) is 55.5 Å². The lowest BCUT2D eigenvalue weighted by Crippen LogP contribution is -2.20. The third-order valence-electron chi connectivity index (χ3n) is 6.24. The molecule has 1 fully saturated rings. The van der Waals surface area contributed by atoms with Crippen LogP contribution >= 0.6 is 11.6 Å². The number of benzene rings is 1. The normalized spacial score (nSPS) is 20.9. The van der Waals surface area contributed by atoms with Gasteiger partial charge in [0.25, 0.3) is 5.91 Å². The lowest BCUT2D eigenvalue weighted by molar-refractivity contribution is 0.0993. The molecule has 0 spiro atoms. The molecule has 1 heterocycles. The number of carbonyl (C=O) groups is 1. The summed E-state index contributed by atoms with van der Waals surface area (Å²) < 4.78 is 2.20. The molecule has 2 N–H and O–H groups in total. The molecular formula is C22H28ClN3O. The maximum atomic E-state index is 12.1. The highest BCUT2D eigenvalue weighted by atomic mass is 35.5. The summed E-state index contributed by atoms with van der Waals surface area (Å²) in [5.74, 6) is -0.0517. The fourth-order valence-corrected chi connectivity index (χ4v) is 5.13. The van der Waals surface area contributed by atoms with Crippen LogP contribution in [-0.4, -0.2) is 15.7 Å². The number of primary amides is 1. The number of nitrogens with zero attached hydrogens (tertiary/aromatic N) is 2. The summed E-state index contributed by atoms with van der Waals surface area (Å²) in [7, 11) is 0. The van der Waals surface area contributed by atoms with Crippen molar-refractivity contribution in [1.29, 1.82) is 0 Å². The molecule has 1 saturated carbocycles. The molecule has 27 heavy (non-hydrogen) atoms. The first kappa shape index (κ1) is 18.5. The Morgan fingerprint density at radius 1 is 1.11 bits per heavy atom. The van der Waals surface area contributed by atoms with Gasteiger partial charge in [-0.3, -0.25) is 9.48 Å². The van der Waals surface area contributed by atoms with Gasteiger partial charge in [0.15, 0.2) is 5.69 Å². The lowest BCUT2D eigenvalue weighted by atomic mass is 9.89. The predicted octanol–water partition coefficient (Wildman–Crippen LogP) is 5.19. The van der Waals surface area contributed by atoms with Crippen LogP contribution in [0.3, 0.4) is 0 Å². The summed E-state index contributed by atoms with van der Waals surface area (Å²) in [5.41, 5.74) is 9.75. The highest BCUT2D eigenvalue weighted by Crippen LogP contribution is 2.39. The SMILES string of the molecule is NC(=O)c1nn(C2CCCCC2)c2c1CCCCC2Cc1ccccc1Cl. The van der Waals surface area contributed by atoms with Gasteiger partial charge in [0.1, 0.15) is 0 Å². The summed E-state index contributed by atoms with van der Waals surface area (Å²) >= 11 is 6.46. The van der Waals surface area contributed by atoms with Gasteiger partial charge in [-0.15, -0.1) is 0 Å². The highest BCUT2D eigenvalue weighted by Gasteiger charge is 2.32. The molecule has 0 aliphatic heterocycles. The van der Waals surface area contributed by atoms with Crippen molar-refractivity contribution in [3.05, 3.63) is 51.8 Å². The van der Waals surface area contributed by atoms with E-state index in [4.69, 9.17) is 22.4 Å². The molecule has 1 amide bonds. The van der Waals surface area contributed by atoms with E-state index in [0.29, 0.717) is 17.7 Å². The number of rotatable bonds is 4. The summed E-state index contributed by atoms with van der Waals surface area (Å²) in [6.07, 6.45) is 11.2. The van der Waals surface area contributed by atoms with Crippen LogP contribution in [0.1, 0.15) is 90.6 Å². The third kappa shape index (κ3) is 3.77. The molecule has 1 aromatic heterocycles. The second kappa shape index (κ2) is 8.05. The number of aromatic nitrogens is 2. The minimum atomic E-state index is -0.390. The molecule has 2 aromatic rings. The van der Waals surface area contributed by atoms with Gasteiger partial charge in [0, 0.05) is 22.2 Å². The van der Waals surface area contributed by atoms with Gasteiger partial charge in [0.2, 0.25) is 0 Å². The monoisotopic (exact) mass is 385 g/mol. The quantitative estimate of drug-likeness (QED) is 0.736. The molecule has 1 aromatic carbocycles. The van der Waals surface area contributed by atoms with Crippen LogP contribution in [0.25, 0.3) is 0 Å². The Kier molecular flexibility index (Phi) is 5.53. The van der Waals surface area contributed by atoms with Crippen LogP contribution in [0.5, 0.6) is 0 Å². The minimum Gasteiger partial charge on any atom is -0.364 e. The Balaban J connectivity index is 1.78. The van der Waals surface area contributed by atoms with Gasteiger partial charge < -0.3 is 5.73 Å². The predicted molar refractivity (Wildman–Crippen MR) is 108 cm³/mol. The van der Waals surface area contributed by atoms with Gasteiger partial charge in [0.05, 0.1) is 6.04 Å². The molecule has 4 nitrogen and oxygen atoms in total. The van der Waals surface area contributed by atoms with Crippen molar-refractivity contribution in [3.63, 3.8) is 0 Å². The largest absolute Gasteiger partial charge is 0.364 e. The van der Waals surface area contributed by atoms with Crippen LogP contribution in [0, 0.1) is 0 Å². The second-order valence-electron chi connectivity index (χ2n) is 8.05. The third-order valence-corrected chi connectivity index (χ3v) is 6.61. The van der Waals surface area contributed by atoms with E-state index in [1.54, 1.807) is 0 Å². The van der Waals surface area contributed by atoms with Gasteiger partial charge in [-0.25, -0.2) is 0 Å². The minimum absolute atomic E-state index is 0.338. The second-order valence-corrected chi connectivity index (χ2v) is 8.46. The molecule has 0 bridgehead atoms. The fraction of sp³-hybridized carbons (Fsp3) is 0.545. The fourth-order valence-electron chi connectivity index (χ4n) is 4.92. The Hall–Kier alpha value is -1.81.